The van der Waals surface area contributed by atoms with Gasteiger partial charge in [-0.25, -0.2) is 9.78 Å². The summed E-state index contributed by atoms with van der Waals surface area (Å²) in [6.45, 7) is 9.63. The first-order valence-corrected chi connectivity index (χ1v) is 13.8. The maximum Gasteiger partial charge on any atom is 0.421 e. The molecule has 12 heteroatoms. The fourth-order valence-corrected chi connectivity index (χ4v) is 4.80. The number of rotatable bonds is 8. The Balaban J connectivity index is 1.57. The summed E-state index contributed by atoms with van der Waals surface area (Å²) >= 11 is 0. The van der Waals surface area contributed by atoms with Crippen LogP contribution in [0.2, 0.25) is 0 Å². The Bertz CT molecular complexity index is 1270. The van der Waals surface area contributed by atoms with Crippen LogP contribution >= 0.6 is 0 Å². The number of ether oxygens (including phenoxy) is 1. The maximum absolute atomic E-state index is 14.0. The molecule has 1 atom stereocenters. The Morgan fingerprint density at radius 1 is 1.15 bits per heavy atom. The summed E-state index contributed by atoms with van der Waals surface area (Å²) < 4.78 is 47.3. The fourth-order valence-electron chi connectivity index (χ4n) is 4.80. The van der Waals surface area contributed by atoms with Crippen LogP contribution < -0.4 is 16.0 Å². The quantitative estimate of drug-likeness (QED) is 0.308. The Hall–Kier alpha value is -3.83. The number of carbonyl (C=O) groups is 2. The lowest BCUT2D eigenvalue weighted by atomic mass is 9.81. The predicted molar refractivity (Wildman–Crippen MR) is 151 cm³/mol. The lowest BCUT2D eigenvalue weighted by Crippen LogP contribution is -2.47. The largest absolute Gasteiger partial charge is 0.444 e. The number of halogens is 3. The summed E-state index contributed by atoms with van der Waals surface area (Å²) in [6.07, 6.45) is 2.29. The Kier molecular flexibility index (Phi) is 9.08. The number of benzene rings is 1. The van der Waals surface area contributed by atoms with Crippen LogP contribution in [0.1, 0.15) is 64.0 Å². The highest BCUT2D eigenvalue weighted by Gasteiger charge is 2.36. The van der Waals surface area contributed by atoms with Crippen LogP contribution in [0.15, 0.2) is 37.1 Å². The normalized spacial score (nSPS) is 17.8. The molecule has 0 radical (unpaired) electrons. The number of carbonyl (C=O) groups excluding carboxylic acids is 2. The van der Waals surface area contributed by atoms with E-state index < -0.39 is 35.2 Å². The molecule has 1 saturated carbocycles. The highest BCUT2D eigenvalue weighted by atomic mass is 19.4. The van der Waals surface area contributed by atoms with E-state index in [1.807, 2.05) is 6.07 Å². The molecule has 2 heterocycles. The molecular formula is C29H37F3N6O3. The minimum atomic E-state index is -4.73. The van der Waals surface area contributed by atoms with Crippen molar-refractivity contribution in [3.8, 4) is 0 Å². The number of hydrogen-bond donors (Lipinski definition) is 3. The summed E-state index contributed by atoms with van der Waals surface area (Å²) in [7, 11) is 0. The average Bonchev–Trinajstić information content (AvgIpc) is 2.86. The second kappa shape index (κ2) is 12.4. The summed E-state index contributed by atoms with van der Waals surface area (Å²) in [5.74, 6) is -0.401. The molecule has 2 aliphatic rings. The van der Waals surface area contributed by atoms with Crippen molar-refractivity contribution < 1.29 is 27.5 Å². The molecule has 9 nitrogen and oxygen atoms in total. The van der Waals surface area contributed by atoms with Crippen molar-refractivity contribution in [3.63, 3.8) is 0 Å². The van der Waals surface area contributed by atoms with Crippen molar-refractivity contribution in [1.82, 2.24) is 14.9 Å². The van der Waals surface area contributed by atoms with Gasteiger partial charge in [-0.1, -0.05) is 31.9 Å². The van der Waals surface area contributed by atoms with Gasteiger partial charge >= 0.3 is 12.3 Å². The van der Waals surface area contributed by atoms with Gasteiger partial charge in [-0.3, -0.25) is 4.79 Å². The molecule has 1 aliphatic heterocycles. The summed E-state index contributed by atoms with van der Waals surface area (Å²) in [5.41, 5.74) is -0.141. The van der Waals surface area contributed by atoms with Gasteiger partial charge in [-0.2, -0.15) is 18.2 Å². The monoisotopic (exact) mass is 574 g/mol. The number of nitrogens with zero attached hydrogens (tertiary/aromatic N) is 3. The van der Waals surface area contributed by atoms with Crippen LogP contribution in [0.5, 0.6) is 0 Å². The van der Waals surface area contributed by atoms with E-state index in [0.717, 1.165) is 37.1 Å². The zero-order chi connectivity index (χ0) is 29.8. The number of anilines is 4. The average molecular weight is 575 g/mol. The second-order valence-corrected chi connectivity index (χ2v) is 11.6. The Morgan fingerprint density at radius 2 is 1.90 bits per heavy atom. The molecular weight excluding hydrogens is 537 g/mol. The van der Waals surface area contributed by atoms with Crippen molar-refractivity contribution in [3.05, 3.63) is 48.2 Å². The first kappa shape index (κ1) is 30.1. The number of aromatic nitrogens is 2. The first-order valence-electron chi connectivity index (χ1n) is 13.8. The van der Waals surface area contributed by atoms with Crippen molar-refractivity contribution >= 4 is 35.1 Å². The van der Waals surface area contributed by atoms with Crippen LogP contribution in [0.25, 0.3) is 0 Å². The van der Waals surface area contributed by atoms with Gasteiger partial charge in [0.15, 0.2) is 0 Å². The zero-order valence-corrected chi connectivity index (χ0v) is 23.6. The molecule has 2 fully saturated rings. The third kappa shape index (κ3) is 8.34. The molecule has 0 unspecified atom stereocenters. The van der Waals surface area contributed by atoms with E-state index in [9.17, 15) is 22.8 Å². The molecule has 0 spiro atoms. The van der Waals surface area contributed by atoms with E-state index in [-0.39, 0.29) is 17.7 Å². The number of alkyl halides is 3. The van der Waals surface area contributed by atoms with E-state index in [0.29, 0.717) is 37.5 Å². The summed E-state index contributed by atoms with van der Waals surface area (Å²) in [4.78, 5) is 34.3. The third-order valence-electron chi connectivity index (χ3n) is 7.03. The minimum absolute atomic E-state index is 0.0187. The summed E-state index contributed by atoms with van der Waals surface area (Å²) in [5, 5.41) is 8.53. The molecule has 2 aromatic rings. The number of nitrogens with one attached hydrogen (secondary N) is 3. The minimum Gasteiger partial charge on any atom is -0.444 e. The molecule has 3 N–H and O–H groups in total. The van der Waals surface area contributed by atoms with Crippen LogP contribution in [0, 0.1) is 5.92 Å². The van der Waals surface area contributed by atoms with Gasteiger partial charge in [0.1, 0.15) is 17.0 Å². The van der Waals surface area contributed by atoms with Crippen LogP contribution in [0.3, 0.4) is 0 Å². The number of amides is 2. The highest BCUT2D eigenvalue weighted by molar-refractivity contribution is 6.01. The van der Waals surface area contributed by atoms with Gasteiger partial charge in [0.25, 0.3) is 0 Å². The Labute approximate surface area is 238 Å². The number of likely N-dealkylation sites (tertiary alicyclic amines) is 1. The van der Waals surface area contributed by atoms with Crippen LogP contribution in [-0.2, 0) is 22.1 Å². The maximum atomic E-state index is 14.0. The smallest absolute Gasteiger partial charge is 0.421 e. The van der Waals surface area contributed by atoms with Crippen LogP contribution in [0.4, 0.5) is 41.1 Å². The molecule has 222 valence electrons. The van der Waals surface area contributed by atoms with E-state index in [1.54, 1.807) is 37.8 Å². The molecule has 2 amide bonds. The molecule has 4 rings (SSSR count). The number of hydrogen-bond acceptors (Lipinski definition) is 7. The Morgan fingerprint density at radius 3 is 2.54 bits per heavy atom. The van der Waals surface area contributed by atoms with Crippen LogP contribution in [-0.4, -0.2) is 51.6 Å². The van der Waals surface area contributed by atoms with Crippen molar-refractivity contribution in [2.24, 2.45) is 5.92 Å². The number of piperidine rings is 1. The molecule has 1 aliphatic carbocycles. The highest BCUT2D eigenvalue weighted by Crippen LogP contribution is 2.37. The fraction of sp³-hybridized carbons (Fsp3) is 0.517. The van der Waals surface area contributed by atoms with Crippen molar-refractivity contribution in [1.29, 1.82) is 0 Å². The van der Waals surface area contributed by atoms with Gasteiger partial charge in [-0.15, -0.1) is 0 Å². The standard InChI is InChI=1S/C29H37F3N6O3/c1-5-24(39)35-23-15-19(14-18-8-6-9-18)11-12-22(23)36-25-21(29(30,31)32)16-33-26(37-25)34-20-10-7-13-38(17-20)27(40)41-28(2,3)4/h5,11-12,15-16,18,20H,1,6-10,13-14,17H2,2-4H3,(H,35,39)(H2,33,34,36,37)/t20-/m0/s1. The molecule has 41 heavy (non-hydrogen) atoms. The van der Waals surface area contributed by atoms with E-state index >= 15 is 0 Å². The van der Waals surface area contributed by atoms with E-state index in [1.165, 1.54) is 6.42 Å². The molecule has 1 saturated heterocycles. The third-order valence-corrected chi connectivity index (χ3v) is 7.03. The van der Waals surface area contributed by atoms with Gasteiger partial charge in [0.2, 0.25) is 11.9 Å². The zero-order valence-electron chi connectivity index (χ0n) is 23.6. The molecule has 0 bridgehead atoms. The summed E-state index contributed by atoms with van der Waals surface area (Å²) in [6, 6.07) is 4.96. The predicted octanol–water partition coefficient (Wildman–Crippen LogP) is 6.52. The van der Waals surface area contributed by atoms with Gasteiger partial charge in [0, 0.05) is 25.3 Å². The molecule has 1 aromatic carbocycles. The topological polar surface area (TPSA) is 108 Å². The second-order valence-electron chi connectivity index (χ2n) is 11.6. The van der Waals surface area contributed by atoms with Crippen molar-refractivity contribution in [2.45, 2.75) is 77.1 Å². The lowest BCUT2D eigenvalue weighted by Gasteiger charge is -2.34. The SMILES string of the molecule is C=CC(=O)Nc1cc(CC2CCC2)ccc1Nc1nc(N[C@H]2CCCN(C(=O)OC(C)(C)C)C2)ncc1C(F)(F)F. The lowest BCUT2D eigenvalue weighted by molar-refractivity contribution is -0.137. The van der Waals surface area contributed by atoms with Gasteiger partial charge in [-0.05, 0) is 69.7 Å². The van der Waals surface area contributed by atoms with E-state index in [4.69, 9.17) is 4.74 Å². The van der Waals surface area contributed by atoms with Gasteiger partial charge in [0.05, 0.1) is 11.4 Å². The van der Waals surface area contributed by atoms with Crippen molar-refractivity contribution in [2.75, 3.05) is 29.0 Å². The van der Waals surface area contributed by atoms with E-state index in [2.05, 4.69) is 32.5 Å². The van der Waals surface area contributed by atoms with Gasteiger partial charge < -0.3 is 25.6 Å². The molecule has 1 aromatic heterocycles. The first-order chi connectivity index (χ1) is 19.3.